The molecule has 2 N–H and O–H groups in total. The fourth-order valence-corrected chi connectivity index (χ4v) is 2.14. The average Bonchev–Trinajstić information content (AvgIpc) is 2.44. The van der Waals surface area contributed by atoms with Crippen LogP contribution in [0.3, 0.4) is 0 Å². The average molecular weight is 316 g/mol. The van der Waals surface area contributed by atoms with Crippen molar-refractivity contribution in [2.24, 2.45) is 5.92 Å². The maximum Gasteiger partial charge on any atom is 0.294 e. The smallest absolute Gasteiger partial charge is 0.294 e. The molecule has 0 heterocycles. The molecule has 1 rings (SSSR count). The second-order valence-corrected chi connectivity index (χ2v) is 5.04. The molecule has 0 aliphatic rings. The molecule has 0 radical (unpaired) electrons. The lowest BCUT2D eigenvalue weighted by atomic mass is 10.1. The molecule has 0 saturated carbocycles. The van der Waals surface area contributed by atoms with Gasteiger partial charge in [0.05, 0.1) is 16.6 Å². The Kier molecular flexibility index (Phi) is 6.39. The fourth-order valence-electron chi connectivity index (χ4n) is 1.83. The highest BCUT2D eigenvalue weighted by Crippen LogP contribution is 2.33. The number of halogens is 1. The highest BCUT2D eigenvalue weighted by atomic mass is 35.5. The third kappa shape index (κ3) is 4.57. The molecular formula is C13H18ClN3O4. The first-order valence-electron chi connectivity index (χ1n) is 6.33. The van der Waals surface area contributed by atoms with E-state index >= 15 is 0 Å². The zero-order valence-electron chi connectivity index (χ0n) is 12.1. The molecule has 0 saturated heterocycles. The third-order valence-electron chi connectivity index (χ3n) is 2.84. The van der Waals surface area contributed by atoms with Crippen molar-refractivity contribution in [3.63, 3.8) is 0 Å². The van der Waals surface area contributed by atoms with Gasteiger partial charge in [-0.05, 0) is 12.0 Å². The molecule has 0 bridgehead atoms. The summed E-state index contributed by atoms with van der Waals surface area (Å²) in [4.78, 5) is 22.5. The van der Waals surface area contributed by atoms with E-state index in [1.807, 2.05) is 6.92 Å². The number of hydrogen-bond donors (Lipinski definition) is 2. The van der Waals surface area contributed by atoms with E-state index in [4.69, 9.17) is 16.3 Å². The lowest BCUT2D eigenvalue weighted by Gasteiger charge is -2.12. The summed E-state index contributed by atoms with van der Waals surface area (Å²) in [5.74, 6) is -0.272. The number of nitro groups is 1. The minimum Gasteiger partial charge on any atom is -0.384 e. The molecule has 0 aliphatic heterocycles. The van der Waals surface area contributed by atoms with Crippen LogP contribution in [0.1, 0.15) is 17.3 Å². The molecule has 1 aromatic rings. The fraction of sp³-hybridized carbons (Fsp3) is 0.462. The summed E-state index contributed by atoms with van der Waals surface area (Å²) in [5.41, 5.74) is 0.0985. The minimum atomic E-state index is -0.581. The van der Waals surface area contributed by atoms with Crippen LogP contribution in [0.2, 0.25) is 5.02 Å². The number of ether oxygens (including phenoxy) is 1. The lowest BCUT2D eigenvalue weighted by molar-refractivity contribution is -0.383. The maximum absolute atomic E-state index is 12.0. The largest absolute Gasteiger partial charge is 0.384 e. The van der Waals surface area contributed by atoms with Gasteiger partial charge in [0.2, 0.25) is 0 Å². The molecule has 1 atom stereocenters. The molecule has 0 aromatic heterocycles. The Labute approximate surface area is 127 Å². The van der Waals surface area contributed by atoms with E-state index < -0.39 is 10.8 Å². The first kappa shape index (κ1) is 17.2. The van der Waals surface area contributed by atoms with Crippen LogP contribution < -0.4 is 10.6 Å². The first-order valence-corrected chi connectivity index (χ1v) is 6.71. The monoisotopic (exact) mass is 315 g/mol. The van der Waals surface area contributed by atoms with Gasteiger partial charge < -0.3 is 15.4 Å². The summed E-state index contributed by atoms with van der Waals surface area (Å²) in [5, 5.41) is 16.5. The van der Waals surface area contributed by atoms with Crippen molar-refractivity contribution in [3.05, 3.63) is 32.8 Å². The van der Waals surface area contributed by atoms with Crippen LogP contribution in [0.4, 0.5) is 11.4 Å². The Hall–Kier alpha value is -1.86. The predicted octanol–water partition coefficient (Wildman–Crippen LogP) is 2.30. The molecule has 1 aromatic carbocycles. The molecule has 116 valence electrons. The summed E-state index contributed by atoms with van der Waals surface area (Å²) in [6, 6.07) is 2.60. The van der Waals surface area contributed by atoms with E-state index in [2.05, 4.69) is 10.6 Å². The molecule has 1 unspecified atom stereocenters. The van der Waals surface area contributed by atoms with Gasteiger partial charge in [0, 0.05) is 32.3 Å². The Morgan fingerprint density at radius 3 is 2.71 bits per heavy atom. The molecule has 8 heteroatoms. The highest BCUT2D eigenvalue weighted by molar-refractivity contribution is 6.34. The first-order chi connectivity index (χ1) is 9.90. The van der Waals surface area contributed by atoms with Crippen molar-refractivity contribution in [2.45, 2.75) is 6.92 Å². The lowest BCUT2D eigenvalue weighted by Crippen LogP contribution is -2.30. The molecule has 0 spiro atoms. The van der Waals surface area contributed by atoms with Crippen molar-refractivity contribution in [1.82, 2.24) is 5.32 Å². The normalized spacial score (nSPS) is 11.8. The van der Waals surface area contributed by atoms with Gasteiger partial charge in [0.15, 0.2) is 0 Å². The van der Waals surface area contributed by atoms with E-state index in [1.165, 1.54) is 19.2 Å². The number of nitrogens with one attached hydrogen (secondary N) is 2. The molecular weight excluding hydrogens is 298 g/mol. The number of hydrogen-bond acceptors (Lipinski definition) is 5. The molecule has 7 nitrogen and oxygen atoms in total. The molecule has 21 heavy (non-hydrogen) atoms. The summed E-state index contributed by atoms with van der Waals surface area (Å²) in [6.45, 7) is 2.84. The Balaban J connectivity index is 2.93. The van der Waals surface area contributed by atoms with Crippen molar-refractivity contribution in [3.8, 4) is 0 Å². The SMILES string of the molecule is CNc1c(Cl)cc(C(=O)NCC(C)COC)cc1[N+](=O)[O-]. The minimum absolute atomic E-state index is 0.127. The van der Waals surface area contributed by atoms with Crippen molar-refractivity contribution in [2.75, 3.05) is 32.6 Å². The van der Waals surface area contributed by atoms with Crippen LogP contribution in [0.15, 0.2) is 12.1 Å². The highest BCUT2D eigenvalue weighted by Gasteiger charge is 2.20. The number of methoxy groups -OCH3 is 1. The van der Waals surface area contributed by atoms with Gasteiger partial charge >= 0.3 is 0 Å². The third-order valence-corrected chi connectivity index (χ3v) is 3.14. The summed E-state index contributed by atoms with van der Waals surface area (Å²) < 4.78 is 4.97. The maximum atomic E-state index is 12.0. The van der Waals surface area contributed by atoms with Gasteiger partial charge in [0.1, 0.15) is 5.69 Å². The Morgan fingerprint density at radius 1 is 1.52 bits per heavy atom. The summed E-state index contributed by atoms with van der Waals surface area (Å²) in [6.07, 6.45) is 0. The van der Waals surface area contributed by atoms with Crippen molar-refractivity contribution < 1.29 is 14.5 Å². The van der Waals surface area contributed by atoms with Crippen LogP contribution >= 0.6 is 11.6 Å². The zero-order chi connectivity index (χ0) is 16.0. The van der Waals surface area contributed by atoms with Crippen LogP contribution in [0, 0.1) is 16.0 Å². The van der Waals surface area contributed by atoms with E-state index in [-0.39, 0.29) is 27.9 Å². The standard InChI is InChI=1S/C13H18ClN3O4/c1-8(7-21-3)6-16-13(18)9-4-10(14)12(15-2)11(5-9)17(19)20/h4-5,8,15H,6-7H2,1-3H3,(H,16,18). The van der Waals surface area contributed by atoms with Crippen LogP contribution in [-0.4, -0.2) is 38.1 Å². The Bertz CT molecular complexity index is 536. The van der Waals surface area contributed by atoms with Gasteiger partial charge in [-0.25, -0.2) is 0 Å². The van der Waals surface area contributed by atoms with E-state index in [9.17, 15) is 14.9 Å². The van der Waals surface area contributed by atoms with Gasteiger partial charge in [-0.3, -0.25) is 14.9 Å². The second kappa shape index (κ2) is 7.80. The second-order valence-electron chi connectivity index (χ2n) is 4.63. The van der Waals surface area contributed by atoms with Gasteiger partial charge in [0.25, 0.3) is 11.6 Å². The molecule has 0 aliphatic carbocycles. The quantitative estimate of drug-likeness (QED) is 0.595. The zero-order valence-corrected chi connectivity index (χ0v) is 12.9. The number of carbonyl (C=O) groups is 1. The molecule has 0 fully saturated rings. The summed E-state index contributed by atoms with van der Waals surface area (Å²) in [7, 11) is 3.11. The van der Waals surface area contributed by atoms with E-state index in [0.717, 1.165) is 0 Å². The van der Waals surface area contributed by atoms with Gasteiger partial charge in [-0.15, -0.1) is 0 Å². The van der Waals surface area contributed by atoms with E-state index in [0.29, 0.717) is 13.2 Å². The number of nitrogens with zero attached hydrogens (tertiary/aromatic N) is 1. The summed E-state index contributed by atoms with van der Waals surface area (Å²) >= 11 is 5.97. The number of carbonyl (C=O) groups excluding carboxylic acids is 1. The van der Waals surface area contributed by atoms with E-state index in [1.54, 1.807) is 7.11 Å². The predicted molar refractivity (Wildman–Crippen MR) is 81.0 cm³/mol. The number of nitro benzene ring substituents is 1. The Morgan fingerprint density at radius 2 is 2.19 bits per heavy atom. The van der Waals surface area contributed by atoms with Gasteiger partial charge in [-0.1, -0.05) is 18.5 Å². The number of anilines is 1. The van der Waals surface area contributed by atoms with Crippen molar-refractivity contribution in [1.29, 1.82) is 0 Å². The van der Waals surface area contributed by atoms with Gasteiger partial charge in [-0.2, -0.15) is 0 Å². The van der Waals surface area contributed by atoms with Crippen LogP contribution in [0.5, 0.6) is 0 Å². The van der Waals surface area contributed by atoms with Crippen molar-refractivity contribution >= 4 is 28.9 Å². The van der Waals surface area contributed by atoms with Crippen LogP contribution in [-0.2, 0) is 4.74 Å². The topological polar surface area (TPSA) is 93.5 Å². The number of benzene rings is 1. The molecule has 1 amide bonds. The number of amides is 1. The van der Waals surface area contributed by atoms with Crippen LogP contribution in [0.25, 0.3) is 0 Å². The number of rotatable bonds is 7.